The Balaban J connectivity index is 2.65. The normalized spacial score (nSPS) is 13.5. The molecule has 0 aliphatic rings. The maximum absolute atomic E-state index is 12.5. The van der Waals surface area contributed by atoms with E-state index in [1.165, 1.54) is 14.0 Å². The first-order valence-electron chi connectivity index (χ1n) is 9.03. The van der Waals surface area contributed by atoms with Crippen molar-refractivity contribution in [2.24, 2.45) is 0 Å². The Labute approximate surface area is 164 Å². The minimum Gasteiger partial charge on any atom is -0.467 e. The number of aliphatic hydroxyl groups excluding tert-OH is 1. The Morgan fingerprint density at radius 1 is 1.21 bits per heavy atom. The Morgan fingerprint density at radius 3 is 2.46 bits per heavy atom. The summed E-state index contributed by atoms with van der Waals surface area (Å²) in [5, 5.41) is 14.7. The van der Waals surface area contributed by atoms with E-state index in [0.717, 1.165) is 5.56 Å². The van der Waals surface area contributed by atoms with Crippen molar-refractivity contribution in [2.45, 2.75) is 51.0 Å². The third-order valence-electron chi connectivity index (χ3n) is 3.95. The standard InChI is InChI=1S/C20H28N2O6/c1-4-5-7-12-16(19(25)27-3)21-18(24)17(14(2)23)22-20(26)28-13-15-10-8-6-9-11-15/h4,6,8-11,14,16-17,23H,1,5,7,12-13H2,2-3H3,(H,21,24)(H,22,26)/t14-,16+,17+/m1/s1. The molecule has 0 heterocycles. The first kappa shape index (κ1) is 23.2. The first-order valence-corrected chi connectivity index (χ1v) is 9.03. The molecule has 1 aromatic rings. The van der Waals surface area contributed by atoms with Crippen molar-refractivity contribution >= 4 is 18.0 Å². The topological polar surface area (TPSA) is 114 Å². The zero-order chi connectivity index (χ0) is 20.9. The highest BCUT2D eigenvalue weighted by Crippen LogP contribution is 2.06. The molecule has 3 N–H and O–H groups in total. The smallest absolute Gasteiger partial charge is 0.408 e. The van der Waals surface area contributed by atoms with Crippen LogP contribution >= 0.6 is 0 Å². The summed E-state index contributed by atoms with van der Waals surface area (Å²) in [5.74, 6) is -1.31. The molecular formula is C20H28N2O6. The van der Waals surface area contributed by atoms with E-state index in [1.54, 1.807) is 18.2 Å². The number of hydrogen-bond donors (Lipinski definition) is 3. The summed E-state index contributed by atoms with van der Waals surface area (Å²) in [4.78, 5) is 36.4. The fraction of sp³-hybridized carbons (Fsp3) is 0.450. The number of rotatable bonds is 11. The van der Waals surface area contributed by atoms with Crippen LogP contribution in [-0.4, -0.2) is 48.4 Å². The molecule has 8 heteroatoms. The molecule has 154 valence electrons. The van der Waals surface area contributed by atoms with Crippen LogP contribution in [0.2, 0.25) is 0 Å². The van der Waals surface area contributed by atoms with Gasteiger partial charge in [0.2, 0.25) is 5.91 Å². The van der Waals surface area contributed by atoms with Gasteiger partial charge >= 0.3 is 12.1 Å². The Bertz CT molecular complexity index is 647. The van der Waals surface area contributed by atoms with Gasteiger partial charge in [-0.25, -0.2) is 9.59 Å². The summed E-state index contributed by atoms with van der Waals surface area (Å²) >= 11 is 0. The lowest BCUT2D eigenvalue weighted by Gasteiger charge is -2.23. The second-order valence-corrected chi connectivity index (χ2v) is 6.23. The van der Waals surface area contributed by atoms with Gasteiger partial charge in [-0.15, -0.1) is 6.58 Å². The number of ether oxygens (including phenoxy) is 2. The summed E-state index contributed by atoms with van der Waals surface area (Å²) < 4.78 is 9.77. The van der Waals surface area contributed by atoms with Gasteiger partial charge in [-0.05, 0) is 31.7 Å². The van der Waals surface area contributed by atoms with Crippen molar-refractivity contribution in [1.82, 2.24) is 10.6 Å². The largest absolute Gasteiger partial charge is 0.467 e. The zero-order valence-electron chi connectivity index (χ0n) is 16.2. The van der Waals surface area contributed by atoms with Crippen LogP contribution < -0.4 is 10.6 Å². The zero-order valence-corrected chi connectivity index (χ0v) is 16.2. The summed E-state index contributed by atoms with van der Waals surface area (Å²) in [6.45, 7) is 4.98. The fourth-order valence-electron chi connectivity index (χ4n) is 2.42. The first-order chi connectivity index (χ1) is 13.4. The quantitative estimate of drug-likeness (QED) is 0.300. The van der Waals surface area contributed by atoms with Gasteiger partial charge in [-0.2, -0.15) is 0 Å². The van der Waals surface area contributed by atoms with E-state index in [0.29, 0.717) is 19.3 Å². The predicted molar refractivity (Wildman–Crippen MR) is 103 cm³/mol. The van der Waals surface area contributed by atoms with E-state index in [2.05, 4.69) is 17.2 Å². The molecule has 0 saturated carbocycles. The molecule has 8 nitrogen and oxygen atoms in total. The number of carbonyl (C=O) groups excluding carboxylic acids is 3. The van der Waals surface area contributed by atoms with Crippen molar-refractivity contribution in [1.29, 1.82) is 0 Å². The molecule has 0 aliphatic carbocycles. The molecule has 0 bridgehead atoms. The van der Waals surface area contributed by atoms with Gasteiger partial charge in [-0.1, -0.05) is 36.4 Å². The lowest BCUT2D eigenvalue weighted by Crippen LogP contribution is -2.55. The van der Waals surface area contributed by atoms with Crippen molar-refractivity contribution in [3.8, 4) is 0 Å². The maximum Gasteiger partial charge on any atom is 0.408 e. The van der Waals surface area contributed by atoms with E-state index in [-0.39, 0.29) is 6.61 Å². The monoisotopic (exact) mass is 392 g/mol. The van der Waals surface area contributed by atoms with Crippen LogP contribution in [0.3, 0.4) is 0 Å². The van der Waals surface area contributed by atoms with Gasteiger partial charge in [0.25, 0.3) is 0 Å². The van der Waals surface area contributed by atoms with Crippen LogP contribution in [0.4, 0.5) is 4.79 Å². The van der Waals surface area contributed by atoms with E-state index >= 15 is 0 Å². The van der Waals surface area contributed by atoms with Gasteiger partial charge in [0, 0.05) is 0 Å². The number of methoxy groups -OCH3 is 1. The molecule has 1 rings (SSSR count). The Hall–Kier alpha value is -2.87. The highest BCUT2D eigenvalue weighted by molar-refractivity contribution is 5.90. The molecule has 2 amide bonds. The molecule has 0 unspecified atom stereocenters. The third kappa shape index (κ3) is 8.22. The fourth-order valence-corrected chi connectivity index (χ4v) is 2.42. The minimum atomic E-state index is -1.28. The molecule has 0 aliphatic heterocycles. The summed E-state index contributed by atoms with van der Waals surface area (Å²) in [5.41, 5.74) is 0.781. The average molecular weight is 392 g/mol. The lowest BCUT2D eigenvalue weighted by atomic mass is 10.1. The molecule has 28 heavy (non-hydrogen) atoms. The van der Waals surface area contributed by atoms with E-state index in [4.69, 9.17) is 9.47 Å². The maximum atomic E-state index is 12.5. The van der Waals surface area contributed by atoms with Crippen molar-refractivity contribution in [3.63, 3.8) is 0 Å². The van der Waals surface area contributed by atoms with Crippen LogP contribution in [0.25, 0.3) is 0 Å². The molecule has 1 aromatic carbocycles. The van der Waals surface area contributed by atoms with Gasteiger partial charge in [0.15, 0.2) is 0 Å². The molecule has 3 atom stereocenters. The van der Waals surface area contributed by atoms with Crippen LogP contribution in [0.1, 0.15) is 31.7 Å². The number of hydrogen-bond acceptors (Lipinski definition) is 6. The number of benzene rings is 1. The second kappa shape index (κ2) is 12.5. The number of alkyl carbamates (subject to hydrolysis) is 1. The van der Waals surface area contributed by atoms with Crippen LogP contribution in [0.5, 0.6) is 0 Å². The number of esters is 1. The minimum absolute atomic E-state index is 0.0210. The number of unbranched alkanes of at least 4 members (excludes halogenated alkanes) is 1. The van der Waals surface area contributed by atoms with E-state index in [9.17, 15) is 19.5 Å². The summed E-state index contributed by atoms with van der Waals surface area (Å²) in [7, 11) is 1.22. The van der Waals surface area contributed by atoms with Crippen LogP contribution in [0.15, 0.2) is 43.0 Å². The summed E-state index contributed by atoms with van der Waals surface area (Å²) in [6, 6.07) is 6.86. The second-order valence-electron chi connectivity index (χ2n) is 6.23. The van der Waals surface area contributed by atoms with Gasteiger partial charge in [-0.3, -0.25) is 4.79 Å². The van der Waals surface area contributed by atoms with Crippen LogP contribution in [-0.2, 0) is 25.7 Å². The number of allylic oxidation sites excluding steroid dienone is 1. The summed E-state index contributed by atoms with van der Waals surface area (Å²) in [6.07, 6.45) is 1.29. The molecule has 0 aromatic heterocycles. The van der Waals surface area contributed by atoms with Crippen molar-refractivity contribution in [3.05, 3.63) is 48.6 Å². The van der Waals surface area contributed by atoms with E-state index in [1.807, 2.05) is 18.2 Å². The Kier molecular flexibility index (Phi) is 10.3. The molecule has 0 saturated heterocycles. The molecule has 0 spiro atoms. The van der Waals surface area contributed by atoms with Gasteiger partial charge < -0.3 is 25.2 Å². The Morgan fingerprint density at radius 2 is 1.89 bits per heavy atom. The molecule has 0 radical (unpaired) electrons. The number of nitrogens with one attached hydrogen (secondary N) is 2. The van der Waals surface area contributed by atoms with E-state index < -0.39 is 36.2 Å². The average Bonchev–Trinajstić information content (AvgIpc) is 2.69. The van der Waals surface area contributed by atoms with Crippen molar-refractivity contribution < 1.29 is 29.0 Å². The van der Waals surface area contributed by atoms with Crippen molar-refractivity contribution in [2.75, 3.05) is 7.11 Å². The predicted octanol–water partition coefficient (Wildman–Crippen LogP) is 1.68. The SMILES string of the molecule is C=CCCC[C@H](NC(=O)[C@@H](NC(=O)OCc1ccccc1)[C@@H](C)O)C(=O)OC. The highest BCUT2D eigenvalue weighted by atomic mass is 16.5. The molecular weight excluding hydrogens is 364 g/mol. The molecule has 0 fully saturated rings. The number of aliphatic hydroxyl groups is 1. The third-order valence-corrected chi connectivity index (χ3v) is 3.95. The van der Waals surface area contributed by atoms with Gasteiger partial charge in [0.05, 0.1) is 13.2 Å². The van der Waals surface area contributed by atoms with Crippen LogP contribution in [0, 0.1) is 0 Å². The highest BCUT2D eigenvalue weighted by Gasteiger charge is 2.30. The number of carbonyl (C=O) groups is 3. The lowest BCUT2D eigenvalue weighted by molar-refractivity contribution is -0.145. The van der Waals surface area contributed by atoms with Gasteiger partial charge in [0.1, 0.15) is 18.7 Å². The number of amides is 2.